The summed E-state index contributed by atoms with van der Waals surface area (Å²) >= 11 is 0. The van der Waals surface area contributed by atoms with Crippen molar-refractivity contribution in [3.8, 4) is 5.75 Å². The van der Waals surface area contributed by atoms with Gasteiger partial charge in [0, 0.05) is 29.8 Å². The molecule has 0 radical (unpaired) electrons. The molecule has 0 heterocycles. The number of aromatic hydroxyl groups is 1. The molecule has 2 aromatic rings. The number of aryl methyl sites for hydroxylation is 1. The summed E-state index contributed by atoms with van der Waals surface area (Å²) in [5, 5.41) is 23.0. The molecule has 0 saturated carbocycles. The summed E-state index contributed by atoms with van der Waals surface area (Å²) < 4.78 is 0. The monoisotopic (exact) mass is 286 g/mol. The molecule has 0 aliphatic carbocycles. The molecule has 0 spiro atoms. The Labute approximate surface area is 121 Å². The molecule has 0 saturated heterocycles. The average Bonchev–Trinajstić information content (AvgIpc) is 2.45. The van der Waals surface area contributed by atoms with Gasteiger partial charge in [-0.1, -0.05) is 18.2 Å². The van der Waals surface area contributed by atoms with Crippen LogP contribution < -0.4 is 5.32 Å². The van der Waals surface area contributed by atoms with Gasteiger partial charge in [-0.15, -0.1) is 0 Å². The van der Waals surface area contributed by atoms with E-state index in [9.17, 15) is 20.0 Å². The predicted octanol–water partition coefficient (Wildman–Crippen LogP) is 2.54. The van der Waals surface area contributed by atoms with Crippen LogP contribution in [0.3, 0.4) is 0 Å². The smallest absolute Gasteiger partial charge is 0.270 e. The summed E-state index contributed by atoms with van der Waals surface area (Å²) in [6, 6.07) is 10.9. The summed E-state index contributed by atoms with van der Waals surface area (Å²) in [7, 11) is 0. The molecule has 0 unspecified atom stereocenters. The van der Waals surface area contributed by atoms with Gasteiger partial charge in [-0.3, -0.25) is 14.9 Å². The normalized spacial score (nSPS) is 10.1. The number of phenols is 1. The second kappa shape index (κ2) is 6.04. The second-order valence-electron chi connectivity index (χ2n) is 4.63. The SMILES string of the molecule is Cc1cc(C(=O)NCc2ccccc2O)cc([N+](=O)[O-])c1. The first kappa shape index (κ1) is 14.5. The molecule has 0 aliphatic heterocycles. The standard InChI is InChI=1S/C15H14N2O4/c1-10-6-12(8-13(7-10)17(20)21)15(19)16-9-11-4-2-3-5-14(11)18/h2-8,18H,9H2,1H3,(H,16,19). The first-order chi connectivity index (χ1) is 9.97. The number of nitrogens with zero attached hydrogens (tertiary/aromatic N) is 1. The Hall–Kier alpha value is -2.89. The minimum Gasteiger partial charge on any atom is -0.508 e. The average molecular weight is 286 g/mol. The van der Waals surface area contributed by atoms with Crippen LogP contribution in [-0.2, 0) is 6.54 Å². The molecule has 0 aromatic heterocycles. The Morgan fingerprint density at radius 1 is 1.29 bits per heavy atom. The van der Waals surface area contributed by atoms with E-state index in [1.807, 2.05) is 0 Å². The number of nitro groups is 1. The van der Waals surface area contributed by atoms with Gasteiger partial charge in [0.2, 0.25) is 0 Å². The highest BCUT2D eigenvalue weighted by molar-refractivity contribution is 5.95. The quantitative estimate of drug-likeness (QED) is 0.667. The summed E-state index contributed by atoms with van der Waals surface area (Å²) in [5.41, 5.74) is 1.31. The van der Waals surface area contributed by atoms with Crippen molar-refractivity contribution in [3.63, 3.8) is 0 Å². The van der Waals surface area contributed by atoms with Gasteiger partial charge in [0.15, 0.2) is 0 Å². The van der Waals surface area contributed by atoms with Crippen LogP contribution in [0.1, 0.15) is 21.5 Å². The Balaban J connectivity index is 2.14. The minimum absolute atomic E-state index is 0.0908. The van der Waals surface area contributed by atoms with E-state index in [0.29, 0.717) is 11.1 Å². The maximum Gasteiger partial charge on any atom is 0.270 e. The van der Waals surface area contributed by atoms with Crippen molar-refractivity contribution in [2.45, 2.75) is 13.5 Å². The van der Waals surface area contributed by atoms with Gasteiger partial charge in [-0.05, 0) is 24.6 Å². The zero-order chi connectivity index (χ0) is 15.4. The number of para-hydroxylation sites is 1. The van der Waals surface area contributed by atoms with Crippen molar-refractivity contribution in [1.29, 1.82) is 0 Å². The zero-order valence-corrected chi connectivity index (χ0v) is 11.4. The van der Waals surface area contributed by atoms with Crippen molar-refractivity contribution in [1.82, 2.24) is 5.32 Å². The Bertz CT molecular complexity index is 698. The largest absolute Gasteiger partial charge is 0.508 e. The fraction of sp³-hybridized carbons (Fsp3) is 0.133. The van der Waals surface area contributed by atoms with Gasteiger partial charge in [0.25, 0.3) is 11.6 Å². The van der Waals surface area contributed by atoms with Crippen LogP contribution in [0, 0.1) is 17.0 Å². The van der Waals surface area contributed by atoms with E-state index in [4.69, 9.17) is 0 Å². The number of carbonyl (C=O) groups excluding carboxylic acids is 1. The molecule has 21 heavy (non-hydrogen) atoms. The van der Waals surface area contributed by atoms with Crippen molar-refractivity contribution in [3.05, 3.63) is 69.3 Å². The van der Waals surface area contributed by atoms with Gasteiger partial charge in [0.1, 0.15) is 5.75 Å². The third-order valence-electron chi connectivity index (χ3n) is 2.97. The van der Waals surface area contributed by atoms with E-state index < -0.39 is 10.8 Å². The van der Waals surface area contributed by atoms with Gasteiger partial charge >= 0.3 is 0 Å². The van der Waals surface area contributed by atoms with E-state index in [-0.39, 0.29) is 23.5 Å². The Morgan fingerprint density at radius 2 is 2.00 bits per heavy atom. The lowest BCUT2D eigenvalue weighted by Gasteiger charge is -2.07. The number of rotatable bonds is 4. The highest BCUT2D eigenvalue weighted by Gasteiger charge is 2.13. The van der Waals surface area contributed by atoms with E-state index in [1.54, 1.807) is 31.2 Å². The number of phenolic OH excluding ortho intramolecular Hbond substituents is 1. The number of nitro benzene ring substituents is 1. The fourth-order valence-corrected chi connectivity index (χ4v) is 1.94. The highest BCUT2D eigenvalue weighted by Crippen LogP contribution is 2.18. The summed E-state index contributed by atoms with van der Waals surface area (Å²) in [5.74, 6) is -0.335. The van der Waals surface area contributed by atoms with Crippen LogP contribution in [0.5, 0.6) is 5.75 Å². The van der Waals surface area contributed by atoms with Crippen LogP contribution >= 0.6 is 0 Å². The zero-order valence-electron chi connectivity index (χ0n) is 11.4. The van der Waals surface area contributed by atoms with Crippen molar-refractivity contribution in [2.75, 3.05) is 0 Å². The number of benzene rings is 2. The lowest BCUT2D eigenvalue weighted by atomic mass is 10.1. The molecule has 0 aliphatic rings. The molecule has 0 fully saturated rings. The summed E-state index contributed by atoms with van der Waals surface area (Å²) in [6.07, 6.45) is 0. The van der Waals surface area contributed by atoms with Crippen molar-refractivity contribution >= 4 is 11.6 Å². The van der Waals surface area contributed by atoms with E-state index in [0.717, 1.165) is 0 Å². The Kier molecular flexibility index (Phi) is 4.18. The van der Waals surface area contributed by atoms with Crippen LogP contribution in [-0.4, -0.2) is 15.9 Å². The molecule has 6 nitrogen and oxygen atoms in total. The number of amides is 1. The molecule has 2 aromatic carbocycles. The van der Waals surface area contributed by atoms with Gasteiger partial charge in [0.05, 0.1) is 4.92 Å². The fourth-order valence-electron chi connectivity index (χ4n) is 1.94. The number of non-ortho nitro benzene ring substituents is 1. The molecule has 108 valence electrons. The molecule has 2 rings (SSSR count). The number of carbonyl (C=O) groups is 1. The predicted molar refractivity (Wildman–Crippen MR) is 77.1 cm³/mol. The summed E-state index contributed by atoms with van der Waals surface area (Å²) in [4.78, 5) is 22.3. The maximum atomic E-state index is 12.0. The van der Waals surface area contributed by atoms with Crippen LogP contribution in [0.4, 0.5) is 5.69 Å². The molecule has 1 amide bonds. The summed E-state index contributed by atoms with van der Waals surface area (Å²) in [6.45, 7) is 1.83. The van der Waals surface area contributed by atoms with Crippen LogP contribution in [0.25, 0.3) is 0 Å². The van der Waals surface area contributed by atoms with Gasteiger partial charge in [-0.2, -0.15) is 0 Å². The first-order valence-corrected chi connectivity index (χ1v) is 6.28. The number of nitrogens with one attached hydrogen (secondary N) is 1. The molecular weight excluding hydrogens is 272 g/mol. The maximum absolute atomic E-state index is 12.0. The number of hydrogen-bond acceptors (Lipinski definition) is 4. The Morgan fingerprint density at radius 3 is 2.67 bits per heavy atom. The second-order valence-corrected chi connectivity index (χ2v) is 4.63. The lowest BCUT2D eigenvalue weighted by molar-refractivity contribution is -0.384. The third-order valence-corrected chi connectivity index (χ3v) is 2.97. The highest BCUT2D eigenvalue weighted by atomic mass is 16.6. The molecule has 0 atom stereocenters. The van der Waals surface area contributed by atoms with Crippen LogP contribution in [0.15, 0.2) is 42.5 Å². The number of hydrogen-bond donors (Lipinski definition) is 2. The third kappa shape index (κ3) is 3.56. The van der Waals surface area contributed by atoms with Gasteiger partial charge in [-0.25, -0.2) is 0 Å². The van der Waals surface area contributed by atoms with Crippen LogP contribution in [0.2, 0.25) is 0 Å². The minimum atomic E-state index is -0.535. The molecular formula is C15H14N2O4. The topological polar surface area (TPSA) is 92.5 Å². The molecule has 6 heteroatoms. The van der Waals surface area contributed by atoms with E-state index >= 15 is 0 Å². The molecule has 0 bridgehead atoms. The van der Waals surface area contributed by atoms with E-state index in [1.165, 1.54) is 18.2 Å². The van der Waals surface area contributed by atoms with Crippen molar-refractivity contribution in [2.24, 2.45) is 0 Å². The van der Waals surface area contributed by atoms with Gasteiger partial charge < -0.3 is 10.4 Å². The van der Waals surface area contributed by atoms with Crippen molar-refractivity contribution < 1.29 is 14.8 Å². The van der Waals surface area contributed by atoms with E-state index in [2.05, 4.69) is 5.32 Å². The molecule has 2 N–H and O–H groups in total. The lowest BCUT2D eigenvalue weighted by Crippen LogP contribution is -2.23. The first-order valence-electron chi connectivity index (χ1n) is 6.28.